The maximum Gasteiger partial charge on any atom is 0.460 e. The Morgan fingerprint density at radius 3 is 1.73 bits per heavy atom. The van der Waals surface area contributed by atoms with Crippen molar-refractivity contribution in [2.75, 3.05) is 0 Å². The molecule has 0 spiro atoms. The lowest BCUT2D eigenvalue weighted by molar-refractivity contribution is -0.671. The second-order valence-corrected chi connectivity index (χ2v) is 6.36. The third-order valence-corrected chi connectivity index (χ3v) is 3.62. The van der Waals surface area contributed by atoms with Crippen molar-refractivity contribution in [1.29, 1.82) is 0 Å². The van der Waals surface area contributed by atoms with E-state index in [-0.39, 0.29) is 0 Å². The molecule has 1 aromatic heterocycles. The van der Waals surface area contributed by atoms with Crippen LogP contribution in [0.5, 0.6) is 0 Å². The Bertz CT molecular complexity index is 698. The summed E-state index contributed by atoms with van der Waals surface area (Å²) in [6.45, 7) is 3.31. The highest BCUT2D eigenvalue weighted by atomic mass is 32.2. The second-order valence-electron chi connectivity index (χ2n) is 4.93. The molecular formula is C11H13F9N2O3S. The van der Waals surface area contributed by atoms with Gasteiger partial charge in [0.05, 0.1) is 13.6 Å². The van der Waals surface area contributed by atoms with Crippen LogP contribution >= 0.6 is 0 Å². The minimum absolute atomic E-state index is 1.13. The number of hydrogen-bond donors (Lipinski definition) is 0. The number of aromatic nitrogens is 2. The lowest BCUT2D eigenvalue weighted by Crippen LogP contribution is -2.63. The van der Waals surface area contributed by atoms with Crippen LogP contribution in [0.2, 0.25) is 0 Å². The monoisotopic (exact) mass is 424 g/mol. The maximum atomic E-state index is 12.2. The zero-order valence-corrected chi connectivity index (χ0v) is 13.9. The van der Waals surface area contributed by atoms with Gasteiger partial charge in [0.15, 0.2) is 10.1 Å². The molecule has 0 saturated carbocycles. The van der Waals surface area contributed by atoms with Gasteiger partial charge in [-0.2, -0.15) is 39.5 Å². The summed E-state index contributed by atoms with van der Waals surface area (Å²) in [6.07, 6.45) is 0.266. The van der Waals surface area contributed by atoms with E-state index in [0.717, 1.165) is 6.54 Å². The first-order valence-corrected chi connectivity index (χ1v) is 7.90. The fourth-order valence-corrected chi connectivity index (χ4v) is 1.85. The van der Waals surface area contributed by atoms with Crippen molar-refractivity contribution in [2.45, 2.75) is 43.2 Å². The van der Waals surface area contributed by atoms with Crippen molar-refractivity contribution >= 4 is 10.1 Å². The van der Waals surface area contributed by atoms with Gasteiger partial charge in [-0.3, -0.25) is 0 Å². The van der Waals surface area contributed by atoms with E-state index in [9.17, 15) is 52.5 Å². The highest BCUT2D eigenvalue weighted by Crippen LogP contribution is 2.54. The molecule has 1 heterocycles. The summed E-state index contributed by atoms with van der Waals surface area (Å²) in [5.74, 6) is -14.8. The summed E-state index contributed by atoms with van der Waals surface area (Å²) < 4.78 is 140. The summed E-state index contributed by atoms with van der Waals surface area (Å²) in [7, 11) is -5.38. The van der Waals surface area contributed by atoms with E-state index >= 15 is 0 Å². The van der Waals surface area contributed by atoms with Gasteiger partial charge >= 0.3 is 23.3 Å². The topological polar surface area (TPSA) is 66.0 Å². The Hall–Kier alpha value is -1.51. The lowest BCUT2D eigenvalue weighted by Gasteiger charge is -2.34. The molecule has 0 aliphatic carbocycles. The smallest absolute Gasteiger partial charge is 0.460 e. The quantitative estimate of drug-likeness (QED) is 0.415. The average molecular weight is 424 g/mol. The Morgan fingerprint density at radius 2 is 1.46 bits per heavy atom. The van der Waals surface area contributed by atoms with Crippen LogP contribution in [0.3, 0.4) is 0 Å². The zero-order valence-electron chi connectivity index (χ0n) is 13.1. The average Bonchev–Trinajstić information content (AvgIpc) is 2.82. The van der Waals surface area contributed by atoms with Crippen molar-refractivity contribution in [3.8, 4) is 0 Å². The molecule has 0 atom stereocenters. The summed E-state index contributed by atoms with van der Waals surface area (Å²) in [5, 5.41) is -7.11. The molecule has 0 aliphatic heterocycles. The molecule has 0 saturated heterocycles. The second kappa shape index (κ2) is 7.62. The van der Waals surface area contributed by atoms with E-state index in [2.05, 4.69) is 34.8 Å². The number of aryl methyl sites for hydroxylation is 2. The SMILES string of the molecule is CCCn1cc[n+](C)c1.O=S(=O)([O-])C(F)(F)C(F)(F)C(F)(F)C(F)(F)F. The van der Waals surface area contributed by atoms with Gasteiger partial charge < -0.3 is 4.55 Å². The van der Waals surface area contributed by atoms with Crippen molar-refractivity contribution in [1.82, 2.24) is 4.57 Å². The third kappa shape index (κ3) is 4.81. The first-order valence-electron chi connectivity index (χ1n) is 6.49. The Labute approximate surface area is 141 Å². The van der Waals surface area contributed by atoms with Crippen LogP contribution < -0.4 is 4.57 Å². The van der Waals surface area contributed by atoms with Crippen LogP contribution in [0.1, 0.15) is 13.3 Å². The zero-order chi connectivity index (χ0) is 21.2. The Balaban J connectivity index is 0.000000577. The third-order valence-electron chi connectivity index (χ3n) is 2.74. The molecule has 1 rings (SSSR count). The van der Waals surface area contributed by atoms with Crippen LogP contribution in [0.25, 0.3) is 0 Å². The molecule has 26 heavy (non-hydrogen) atoms. The Morgan fingerprint density at radius 1 is 1.00 bits per heavy atom. The molecule has 0 fully saturated rings. The van der Waals surface area contributed by atoms with Gasteiger partial charge in [0, 0.05) is 0 Å². The summed E-state index contributed by atoms with van der Waals surface area (Å²) >= 11 is 0. The molecule has 0 aromatic carbocycles. The summed E-state index contributed by atoms with van der Waals surface area (Å²) in [4.78, 5) is 0. The maximum absolute atomic E-state index is 12.2. The van der Waals surface area contributed by atoms with Crippen LogP contribution in [0.4, 0.5) is 39.5 Å². The predicted octanol–water partition coefficient (Wildman–Crippen LogP) is 2.68. The molecule has 0 N–H and O–H groups in total. The number of rotatable bonds is 5. The van der Waals surface area contributed by atoms with E-state index in [4.69, 9.17) is 0 Å². The van der Waals surface area contributed by atoms with Gasteiger partial charge in [0.2, 0.25) is 6.33 Å². The van der Waals surface area contributed by atoms with Gasteiger partial charge in [-0.1, -0.05) is 6.92 Å². The summed E-state index contributed by atoms with van der Waals surface area (Å²) in [5.41, 5.74) is 0. The number of nitrogens with zero attached hydrogens (tertiary/aromatic N) is 2. The van der Waals surface area contributed by atoms with E-state index < -0.39 is 33.4 Å². The molecule has 154 valence electrons. The van der Waals surface area contributed by atoms with Crippen LogP contribution in [-0.2, 0) is 23.7 Å². The number of hydrogen-bond acceptors (Lipinski definition) is 3. The van der Waals surface area contributed by atoms with Crippen LogP contribution in [-0.4, -0.2) is 40.8 Å². The van der Waals surface area contributed by atoms with E-state index in [1.54, 1.807) is 0 Å². The van der Waals surface area contributed by atoms with Gasteiger partial charge in [0.25, 0.3) is 0 Å². The van der Waals surface area contributed by atoms with E-state index in [1.807, 2.05) is 7.05 Å². The van der Waals surface area contributed by atoms with Crippen LogP contribution in [0, 0.1) is 0 Å². The number of halogens is 9. The fraction of sp³-hybridized carbons (Fsp3) is 0.727. The van der Waals surface area contributed by atoms with E-state index in [1.165, 1.54) is 6.42 Å². The lowest BCUT2D eigenvalue weighted by atomic mass is 10.1. The molecule has 0 aliphatic rings. The fourth-order valence-electron chi connectivity index (χ4n) is 1.41. The minimum atomic E-state index is -7.43. The standard InChI is InChI=1S/C7H13N2.C4HF9O3S/c1-3-4-9-6-5-8(2)7-9;5-1(6,3(9,10)11)2(7,8)4(12,13)17(14,15)16/h5-7H,3-4H2,1-2H3;(H,14,15,16)/q+1;/p-1. The van der Waals surface area contributed by atoms with Crippen LogP contribution in [0.15, 0.2) is 18.7 Å². The minimum Gasteiger partial charge on any atom is -0.743 e. The van der Waals surface area contributed by atoms with Gasteiger partial charge in [-0.15, -0.1) is 0 Å². The molecule has 0 amide bonds. The van der Waals surface area contributed by atoms with Crippen molar-refractivity contribution < 1.29 is 57.1 Å². The highest BCUT2D eigenvalue weighted by Gasteiger charge is 2.83. The molecule has 15 heteroatoms. The van der Waals surface area contributed by atoms with Crippen molar-refractivity contribution in [2.24, 2.45) is 7.05 Å². The molecule has 0 unspecified atom stereocenters. The van der Waals surface area contributed by atoms with Gasteiger partial charge in [-0.25, -0.2) is 17.6 Å². The van der Waals surface area contributed by atoms with Gasteiger partial charge in [0.1, 0.15) is 12.4 Å². The van der Waals surface area contributed by atoms with Crippen molar-refractivity contribution in [3.63, 3.8) is 0 Å². The first-order chi connectivity index (χ1) is 11.3. The van der Waals surface area contributed by atoms with Crippen molar-refractivity contribution in [3.05, 3.63) is 18.7 Å². The van der Waals surface area contributed by atoms with E-state index in [0.29, 0.717) is 0 Å². The number of imidazole rings is 1. The molecular weight excluding hydrogens is 411 g/mol. The molecule has 0 radical (unpaired) electrons. The highest BCUT2D eigenvalue weighted by molar-refractivity contribution is 7.86. The molecule has 5 nitrogen and oxygen atoms in total. The molecule has 1 aromatic rings. The Kier molecular flexibility index (Phi) is 7.18. The normalized spacial score (nSPS) is 14.0. The summed E-state index contributed by atoms with van der Waals surface area (Å²) in [6, 6.07) is 0. The first kappa shape index (κ1) is 24.5. The molecule has 0 bridgehead atoms. The predicted molar refractivity (Wildman–Crippen MR) is 66.5 cm³/mol. The van der Waals surface area contributed by atoms with Gasteiger partial charge in [-0.05, 0) is 6.42 Å². The largest absolute Gasteiger partial charge is 0.743 e. The number of alkyl halides is 9.